The summed E-state index contributed by atoms with van der Waals surface area (Å²) in [5.74, 6) is 1.77. The van der Waals surface area contributed by atoms with Crippen LogP contribution in [0.1, 0.15) is 11.7 Å². The number of ether oxygens (including phenoxy) is 3. The summed E-state index contributed by atoms with van der Waals surface area (Å²) in [5.41, 5.74) is 1.15. The zero-order chi connectivity index (χ0) is 18.5. The lowest BCUT2D eigenvalue weighted by Gasteiger charge is -2.20. The minimum absolute atomic E-state index is 0.0361. The Morgan fingerprint density at radius 1 is 1.27 bits per heavy atom. The first kappa shape index (κ1) is 18.3. The van der Waals surface area contributed by atoms with E-state index in [0.29, 0.717) is 46.2 Å². The van der Waals surface area contributed by atoms with Crippen molar-refractivity contribution >= 4 is 27.6 Å². The molecule has 0 unspecified atom stereocenters. The molecule has 3 N–H and O–H groups in total. The van der Waals surface area contributed by atoms with Crippen molar-refractivity contribution in [3.05, 3.63) is 46.4 Å². The fourth-order valence-corrected chi connectivity index (χ4v) is 2.99. The molecule has 138 valence electrons. The lowest BCUT2D eigenvalue weighted by Crippen LogP contribution is -2.32. The second-order valence-electron chi connectivity index (χ2n) is 5.57. The normalized spacial score (nSPS) is 13.7. The molecule has 2 aromatic carbocycles. The van der Waals surface area contributed by atoms with E-state index in [1.807, 2.05) is 6.07 Å². The topological polar surface area (TPSA) is 89.1 Å². The summed E-state index contributed by atoms with van der Waals surface area (Å²) in [4.78, 5) is 12.2. The SMILES string of the molecule is COc1ccccc1[C@@H](O)CNC(=O)Nc1cc2c(cc1Br)OCCO2. The summed E-state index contributed by atoms with van der Waals surface area (Å²) >= 11 is 3.40. The Morgan fingerprint density at radius 2 is 1.96 bits per heavy atom. The molecule has 0 fully saturated rings. The molecule has 0 saturated heterocycles. The molecule has 0 aromatic heterocycles. The van der Waals surface area contributed by atoms with Crippen LogP contribution in [0, 0.1) is 0 Å². The molecule has 2 amide bonds. The van der Waals surface area contributed by atoms with Crippen molar-refractivity contribution in [1.29, 1.82) is 0 Å². The Morgan fingerprint density at radius 3 is 2.69 bits per heavy atom. The van der Waals surface area contributed by atoms with E-state index in [2.05, 4.69) is 26.6 Å². The average molecular weight is 423 g/mol. The lowest BCUT2D eigenvalue weighted by atomic mass is 10.1. The van der Waals surface area contributed by atoms with E-state index in [1.165, 1.54) is 7.11 Å². The van der Waals surface area contributed by atoms with Gasteiger partial charge in [-0.1, -0.05) is 18.2 Å². The number of halogens is 1. The highest BCUT2D eigenvalue weighted by Gasteiger charge is 2.17. The maximum absolute atomic E-state index is 12.2. The highest BCUT2D eigenvalue weighted by Crippen LogP contribution is 2.38. The van der Waals surface area contributed by atoms with E-state index in [0.717, 1.165) is 0 Å². The number of carbonyl (C=O) groups is 1. The number of carbonyl (C=O) groups excluding carboxylic acids is 1. The van der Waals surface area contributed by atoms with E-state index >= 15 is 0 Å². The number of urea groups is 1. The molecular formula is C18H19BrN2O5. The number of methoxy groups -OCH3 is 1. The first-order chi connectivity index (χ1) is 12.6. The minimum Gasteiger partial charge on any atom is -0.496 e. The quantitative estimate of drug-likeness (QED) is 0.688. The van der Waals surface area contributed by atoms with Gasteiger partial charge < -0.3 is 30.0 Å². The standard InChI is InChI=1S/C18H19BrN2O5/c1-24-15-5-3-2-4-11(15)14(22)10-20-18(23)21-13-9-17-16(8-12(13)19)25-6-7-26-17/h2-5,8-9,14,22H,6-7,10H2,1H3,(H2,20,21,23)/t14-/m0/s1. The molecule has 0 radical (unpaired) electrons. The molecule has 26 heavy (non-hydrogen) atoms. The molecule has 3 rings (SSSR count). The number of para-hydroxylation sites is 1. The van der Waals surface area contributed by atoms with Gasteiger partial charge >= 0.3 is 6.03 Å². The summed E-state index contributed by atoms with van der Waals surface area (Å²) in [5, 5.41) is 15.7. The van der Waals surface area contributed by atoms with Gasteiger partial charge in [0, 0.05) is 28.7 Å². The van der Waals surface area contributed by atoms with E-state index in [4.69, 9.17) is 14.2 Å². The van der Waals surface area contributed by atoms with Crippen LogP contribution < -0.4 is 24.8 Å². The Bertz CT molecular complexity index is 799. The van der Waals surface area contributed by atoms with Crippen molar-refractivity contribution in [1.82, 2.24) is 5.32 Å². The number of hydrogen-bond donors (Lipinski definition) is 3. The predicted octanol–water partition coefficient (Wildman–Crippen LogP) is 3.08. The highest BCUT2D eigenvalue weighted by atomic mass is 79.9. The molecule has 0 bridgehead atoms. The first-order valence-corrected chi connectivity index (χ1v) is 8.82. The van der Waals surface area contributed by atoms with Crippen molar-refractivity contribution < 1.29 is 24.1 Å². The molecular weight excluding hydrogens is 404 g/mol. The van der Waals surface area contributed by atoms with E-state index < -0.39 is 12.1 Å². The van der Waals surface area contributed by atoms with Crippen LogP contribution in [0.3, 0.4) is 0 Å². The number of benzene rings is 2. The van der Waals surface area contributed by atoms with Crippen molar-refractivity contribution in [2.45, 2.75) is 6.10 Å². The number of hydrogen-bond acceptors (Lipinski definition) is 5. The van der Waals surface area contributed by atoms with Gasteiger partial charge in [-0.3, -0.25) is 0 Å². The van der Waals surface area contributed by atoms with Gasteiger partial charge in [-0.05, 0) is 22.0 Å². The smallest absolute Gasteiger partial charge is 0.319 e. The van der Waals surface area contributed by atoms with Crippen LogP contribution in [0.5, 0.6) is 17.2 Å². The van der Waals surface area contributed by atoms with Gasteiger partial charge in [0.25, 0.3) is 0 Å². The Labute approximate surface area is 159 Å². The van der Waals surface area contributed by atoms with Crippen molar-refractivity contribution in [2.75, 3.05) is 32.2 Å². The van der Waals surface area contributed by atoms with Gasteiger partial charge in [-0.2, -0.15) is 0 Å². The van der Waals surface area contributed by atoms with Crippen LogP contribution in [0.4, 0.5) is 10.5 Å². The van der Waals surface area contributed by atoms with Crippen LogP contribution >= 0.6 is 15.9 Å². The zero-order valence-electron chi connectivity index (χ0n) is 14.1. The second kappa shape index (κ2) is 8.29. The molecule has 0 saturated carbocycles. The second-order valence-corrected chi connectivity index (χ2v) is 6.42. The predicted molar refractivity (Wildman–Crippen MR) is 100 cm³/mol. The molecule has 7 nitrogen and oxygen atoms in total. The third-order valence-corrected chi connectivity index (χ3v) is 4.49. The van der Waals surface area contributed by atoms with E-state index in [1.54, 1.807) is 30.3 Å². The fourth-order valence-electron chi connectivity index (χ4n) is 2.57. The number of rotatable bonds is 5. The third kappa shape index (κ3) is 4.20. The first-order valence-electron chi connectivity index (χ1n) is 8.03. The maximum atomic E-state index is 12.2. The maximum Gasteiger partial charge on any atom is 0.319 e. The average Bonchev–Trinajstić information content (AvgIpc) is 2.66. The molecule has 0 spiro atoms. The van der Waals surface area contributed by atoms with Crippen LogP contribution in [-0.2, 0) is 0 Å². The van der Waals surface area contributed by atoms with Gasteiger partial charge in [0.2, 0.25) is 0 Å². The molecule has 8 heteroatoms. The van der Waals surface area contributed by atoms with Gasteiger partial charge in [0.1, 0.15) is 19.0 Å². The Balaban J connectivity index is 1.61. The summed E-state index contributed by atoms with van der Waals surface area (Å²) < 4.78 is 16.9. The number of fused-ring (bicyclic) bond motifs is 1. The number of nitrogens with one attached hydrogen (secondary N) is 2. The molecule has 1 aliphatic heterocycles. The van der Waals surface area contributed by atoms with Crippen LogP contribution in [0.2, 0.25) is 0 Å². The zero-order valence-corrected chi connectivity index (χ0v) is 15.7. The largest absolute Gasteiger partial charge is 0.496 e. The number of amides is 2. The van der Waals surface area contributed by atoms with E-state index in [-0.39, 0.29) is 6.54 Å². The minimum atomic E-state index is -0.888. The van der Waals surface area contributed by atoms with Gasteiger partial charge in [0.05, 0.1) is 18.9 Å². The summed E-state index contributed by atoms with van der Waals surface area (Å²) in [7, 11) is 1.53. The number of aliphatic hydroxyl groups excluding tert-OH is 1. The van der Waals surface area contributed by atoms with Gasteiger partial charge in [-0.15, -0.1) is 0 Å². The Kier molecular flexibility index (Phi) is 5.85. The van der Waals surface area contributed by atoms with Gasteiger partial charge in [0.15, 0.2) is 11.5 Å². The molecule has 1 aliphatic rings. The molecule has 1 heterocycles. The molecule has 2 aromatic rings. The summed E-state index contributed by atoms with van der Waals surface area (Å²) in [6.45, 7) is 0.993. The number of anilines is 1. The van der Waals surface area contributed by atoms with Crippen molar-refractivity contribution in [3.8, 4) is 17.2 Å². The summed E-state index contributed by atoms with van der Waals surface area (Å²) in [6.07, 6.45) is -0.888. The van der Waals surface area contributed by atoms with Crippen LogP contribution in [-0.4, -0.2) is 38.0 Å². The fraction of sp³-hybridized carbons (Fsp3) is 0.278. The number of aliphatic hydroxyl groups is 1. The molecule has 1 atom stereocenters. The van der Waals surface area contributed by atoms with Crippen LogP contribution in [0.25, 0.3) is 0 Å². The van der Waals surface area contributed by atoms with Crippen molar-refractivity contribution in [3.63, 3.8) is 0 Å². The summed E-state index contributed by atoms with van der Waals surface area (Å²) in [6, 6.07) is 10.1. The van der Waals surface area contributed by atoms with Crippen molar-refractivity contribution in [2.24, 2.45) is 0 Å². The lowest BCUT2D eigenvalue weighted by molar-refractivity contribution is 0.171. The third-order valence-electron chi connectivity index (χ3n) is 3.83. The van der Waals surface area contributed by atoms with Gasteiger partial charge in [-0.25, -0.2) is 4.79 Å². The monoisotopic (exact) mass is 422 g/mol. The van der Waals surface area contributed by atoms with Crippen LogP contribution in [0.15, 0.2) is 40.9 Å². The Hall–Kier alpha value is -2.45. The molecule has 0 aliphatic carbocycles. The van der Waals surface area contributed by atoms with E-state index in [9.17, 15) is 9.90 Å². The highest BCUT2D eigenvalue weighted by molar-refractivity contribution is 9.10.